The van der Waals surface area contributed by atoms with Gasteiger partial charge in [-0.15, -0.1) is 0 Å². The van der Waals surface area contributed by atoms with Crippen LogP contribution in [-0.2, 0) is 0 Å². The molecule has 0 aliphatic rings. The third-order valence-electron chi connectivity index (χ3n) is 8.87. The Balaban J connectivity index is 1.35. The van der Waals surface area contributed by atoms with Crippen molar-refractivity contribution in [3.05, 3.63) is 182 Å². The first kappa shape index (κ1) is 19.4. The van der Waals surface area contributed by atoms with Crippen molar-refractivity contribution in [1.29, 1.82) is 0 Å². The molecule has 0 N–H and O–H groups in total. The topological polar surface area (TPSA) is 0 Å². The van der Waals surface area contributed by atoms with Gasteiger partial charge in [0.1, 0.15) is 0 Å². The van der Waals surface area contributed by atoms with E-state index >= 15 is 0 Å². The molecule has 0 fully saturated rings. The number of hydrogen-bond donors (Lipinski definition) is 0. The predicted molar refractivity (Wildman–Crippen MR) is 198 cm³/mol. The lowest BCUT2D eigenvalue weighted by atomic mass is 9.85. The fraction of sp³-hybridized carbons (Fsp3) is 0. The molecule has 0 heteroatoms. The van der Waals surface area contributed by atoms with Gasteiger partial charge in [0.15, 0.2) is 0 Å². The van der Waals surface area contributed by atoms with Gasteiger partial charge in [-0.3, -0.25) is 0 Å². The maximum Gasteiger partial charge on any atom is 0.0629 e. The normalized spacial score (nSPS) is 13.9. The van der Waals surface area contributed by atoms with Crippen LogP contribution < -0.4 is 0 Å². The Bertz CT molecular complexity index is 2930. The van der Waals surface area contributed by atoms with Crippen molar-refractivity contribution in [1.82, 2.24) is 0 Å². The lowest BCUT2D eigenvalue weighted by Crippen LogP contribution is -1.91. The highest BCUT2D eigenvalue weighted by Gasteiger charge is 2.17. The molecule has 0 atom stereocenters. The first-order chi connectivity index (χ1) is 26.1. The van der Waals surface area contributed by atoms with Gasteiger partial charge in [0.2, 0.25) is 0 Å². The molecule has 9 aromatic carbocycles. The largest absolute Gasteiger partial charge is 0.0629 e. The van der Waals surface area contributed by atoms with Crippen LogP contribution in [0.1, 0.15) is 11.0 Å². The summed E-state index contributed by atoms with van der Waals surface area (Å²) in [5, 5.41) is 4.87. The van der Waals surface area contributed by atoms with Gasteiger partial charge in [-0.1, -0.05) is 164 Å². The molecule has 0 unspecified atom stereocenters. The van der Waals surface area contributed by atoms with Gasteiger partial charge >= 0.3 is 0 Å². The van der Waals surface area contributed by atoms with Gasteiger partial charge in [-0.2, -0.15) is 0 Å². The zero-order valence-electron chi connectivity index (χ0n) is 32.7. The lowest BCUT2D eigenvalue weighted by molar-refractivity contribution is 1.63. The maximum atomic E-state index is 9.29. The molecule has 0 amide bonds. The van der Waals surface area contributed by atoms with Crippen LogP contribution in [0.2, 0.25) is 0 Å². The molecule has 0 saturated heterocycles. The monoisotopic (exact) mass is 590 g/mol. The smallest absolute Gasteiger partial charge is 0.0622 e. The van der Waals surface area contributed by atoms with E-state index in [1.165, 1.54) is 0 Å². The summed E-state index contributed by atoms with van der Waals surface area (Å²) in [5.74, 6) is 0. The standard InChI is InChI=1S/C46H30/c1-2-10-31(11-3-1)36-24-25-39-30-40(27-26-38(39)29-36)46-43-16-8-6-14-41(43)45(42-15-7-9-17-44(42)46)34-21-18-33(19-22-34)37-23-20-32-12-4-5-13-35(32)28-37/h1-30H/i6D,7D,8D,9D,14D,15D,16D,17D. The van der Waals surface area contributed by atoms with E-state index in [4.69, 9.17) is 5.48 Å². The number of benzene rings is 9. The van der Waals surface area contributed by atoms with Crippen LogP contribution in [0, 0.1) is 0 Å². The molecule has 0 aromatic heterocycles. The highest BCUT2D eigenvalue weighted by molar-refractivity contribution is 6.21. The van der Waals surface area contributed by atoms with E-state index in [0.717, 1.165) is 43.8 Å². The molecule has 0 radical (unpaired) electrons. The molecule has 9 rings (SSSR count). The van der Waals surface area contributed by atoms with Crippen molar-refractivity contribution < 1.29 is 11.0 Å². The van der Waals surface area contributed by atoms with Crippen molar-refractivity contribution in [3.8, 4) is 44.5 Å². The maximum absolute atomic E-state index is 9.29. The third-order valence-corrected chi connectivity index (χ3v) is 8.87. The van der Waals surface area contributed by atoms with Gasteiger partial charge in [0.25, 0.3) is 0 Å². The summed E-state index contributed by atoms with van der Waals surface area (Å²) in [6.07, 6.45) is 0. The van der Waals surface area contributed by atoms with Crippen LogP contribution in [-0.4, -0.2) is 0 Å². The highest BCUT2D eigenvalue weighted by atomic mass is 14.2. The fourth-order valence-corrected chi connectivity index (χ4v) is 6.61. The molecular weight excluding hydrogens is 553 g/mol. The van der Waals surface area contributed by atoms with Gasteiger partial charge in [0, 0.05) is 0 Å². The molecule has 9 aromatic rings. The first-order valence-electron chi connectivity index (χ1n) is 19.3. The molecular formula is C46H30. The molecule has 0 bridgehead atoms. The third kappa shape index (κ3) is 4.47. The second-order valence-corrected chi connectivity index (χ2v) is 11.5. The zero-order chi connectivity index (χ0) is 37.4. The Labute approximate surface area is 280 Å². The van der Waals surface area contributed by atoms with Crippen LogP contribution in [0.3, 0.4) is 0 Å². The van der Waals surface area contributed by atoms with E-state index in [9.17, 15) is 5.48 Å². The average molecular weight is 591 g/mol. The lowest BCUT2D eigenvalue weighted by Gasteiger charge is -2.18. The summed E-state index contributed by atoms with van der Waals surface area (Å²) in [7, 11) is 0. The van der Waals surface area contributed by atoms with Crippen LogP contribution in [0.15, 0.2) is 182 Å². The van der Waals surface area contributed by atoms with E-state index in [-0.39, 0.29) is 45.7 Å². The Morgan fingerprint density at radius 1 is 0.283 bits per heavy atom. The second-order valence-electron chi connectivity index (χ2n) is 11.5. The number of hydrogen-bond acceptors (Lipinski definition) is 0. The molecule has 46 heavy (non-hydrogen) atoms. The molecule has 0 saturated carbocycles. The van der Waals surface area contributed by atoms with E-state index in [1.54, 1.807) is 0 Å². The van der Waals surface area contributed by atoms with Crippen LogP contribution in [0.4, 0.5) is 0 Å². The molecule has 0 aliphatic heterocycles. The summed E-state index contributed by atoms with van der Waals surface area (Å²) in [6, 6.07) is 41.1. The molecule has 0 aliphatic carbocycles. The van der Waals surface area contributed by atoms with Crippen LogP contribution in [0.5, 0.6) is 0 Å². The molecule has 0 spiro atoms. The first-order valence-corrected chi connectivity index (χ1v) is 15.3. The van der Waals surface area contributed by atoms with Crippen molar-refractivity contribution in [3.63, 3.8) is 0 Å². The Morgan fingerprint density at radius 3 is 1.24 bits per heavy atom. The van der Waals surface area contributed by atoms with Gasteiger partial charge < -0.3 is 0 Å². The average Bonchev–Trinajstić information content (AvgIpc) is 3.22. The molecule has 0 nitrogen and oxygen atoms in total. The quantitative estimate of drug-likeness (QED) is 0.179. The van der Waals surface area contributed by atoms with Gasteiger partial charge in [0.05, 0.1) is 11.0 Å². The fourth-order valence-electron chi connectivity index (χ4n) is 6.61. The van der Waals surface area contributed by atoms with Gasteiger partial charge in [-0.05, 0) is 106 Å². The van der Waals surface area contributed by atoms with Crippen molar-refractivity contribution >= 4 is 43.1 Å². The van der Waals surface area contributed by atoms with E-state index < -0.39 is 24.2 Å². The summed E-state index contributed by atoms with van der Waals surface area (Å²) in [5.41, 5.74) is 5.89. The van der Waals surface area contributed by atoms with Crippen molar-refractivity contribution in [2.45, 2.75) is 0 Å². The van der Waals surface area contributed by atoms with Crippen LogP contribution in [0.25, 0.3) is 87.6 Å². The Hall–Kier alpha value is -5.98. The highest BCUT2D eigenvalue weighted by Crippen LogP contribution is 2.44. The SMILES string of the molecule is [2H]c1c([2H])c([2H])c2c(-c3ccc4cc(-c5ccccc5)ccc4c3)c3c([2H])c([2H])c([2H])c([2H])c3c(-c3ccc(-c4ccc5ccccc5c4)cc3)c2c1[2H]. The minimum Gasteiger partial charge on any atom is -0.0622 e. The Morgan fingerprint density at radius 2 is 0.652 bits per heavy atom. The summed E-state index contributed by atoms with van der Waals surface area (Å²) in [4.78, 5) is 0. The number of fused-ring (bicyclic) bond motifs is 4. The molecule has 214 valence electrons. The van der Waals surface area contributed by atoms with Gasteiger partial charge in [-0.25, -0.2) is 0 Å². The zero-order valence-corrected chi connectivity index (χ0v) is 24.7. The summed E-state index contributed by atoms with van der Waals surface area (Å²) in [6.45, 7) is 0. The van der Waals surface area contributed by atoms with E-state index in [1.807, 2.05) is 97.1 Å². The predicted octanol–water partition coefficient (Wildman–Crippen LogP) is 13.0. The minimum atomic E-state index is -0.417. The van der Waals surface area contributed by atoms with E-state index in [0.29, 0.717) is 22.3 Å². The molecule has 0 heterocycles. The van der Waals surface area contributed by atoms with E-state index in [2.05, 4.69) is 36.4 Å². The Kier molecular flexibility index (Phi) is 4.59. The second kappa shape index (κ2) is 10.9. The minimum absolute atomic E-state index is 0.200. The van der Waals surface area contributed by atoms with Crippen molar-refractivity contribution in [2.24, 2.45) is 0 Å². The summed E-state index contributed by atoms with van der Waals surface area (Å²) < 4.78 is 72.1. The van der Waals surface area contributed by atoms with Crippen molar-refractivity contribution in [2.75, 3.05) is 0 Å². The van der Waals surface area contributed by atoms with Crippen LogP contribution >= 0.6 is 0 Å². The summed E-state index contributed by atoms with van der Waals surface area (Å²) >= 11 is 0. The number of rotatable bonds is 4.